The molecule has 0 amide bonds. The summed E-state index contributed by atoms with van der Waals surface area (Å²) in [6.45, 7) is 8.32. The Labute approximate surface area is 145 Å². The van der Waals surface area contributed by atoms with E-state index in [1.807, 2.05) is 0 Å². The Bertz CT molecular complexity index is 603. The molecule has 1 aromatic carbocycles. The molecule has 4 heteroatoms. The Morgan fingerprint density at radius 2 is 2.04 bits per heavy atom. The van der Waals surface area contributed by atoms with Gasteiger partial charge in [0.05, 0.1) is 6.10 Å². The number of ether oxygens (including phenoxy) is 1. The molecular weight excluding hydrogens is 298 g/mol. The van der Waals surface area contributed by atoms with Crippen LogP contribution in [-0.2, 0) is 17.6 Å². The molecule has 0 saturated carbocycles. The number of benzene rings is 1. The van der Waals surface area contributed by atoms with E-state index in [9.17, 15) is 0 Å². The second-order valence-electron chi connectivity index (χ2n) is 8.25. The fourth-order valence-corrected chi connectivity index (χ4v) is 4.04. The molecule has 1 fully saturated rings. The average Bonchev–Trinajstić information content (AvgIpc) is 3.00. The van der Waals surface area contributed by atoms with Gasteiger partial charge >= 0.3 is 0 Å². The summed E-state index contributed by atoms with van der Waals surface area (Å²) in [5.74, 6) is 0.949. The van der Waals surface area contributed by atoms with Gasteiger partial charge in [-0.05, 0) is 60.8 Å². The number of aryl methyl sites for hydroxylation is 2. The van der Waals surface area contributed by atoms with E-state index in [1.165, 1.54) is 30.4 Å². The Morgan fingerprint density at radius 3 is 2.83 bits per heavy atom. The van der Waals surface area contributed by atoms with Crippen LogP contribution in [-0.4, -0.2) is 25.2 Å². The largest absolute Gasteiger partial charge is 0.377 e. The first-order valence-electron chi connectivity index (χ1n) is 9.24. The fraction of sp³-hybridized carbons (Fsp3) is 0.650. The third-order valence-electron chi connectivity index (χ3n) is 5.17. The van der Waals surface area contributed by atoms with Gasteiger partial charge in [0.2, 0.25) is 0 Å². The number of hydrogen-bond donors (Lipinski definition) is 2. The lowest BCUT2D eigenvalue weighted by Crippen LogP contribution is -2.41. The van der Waals surface area contributed by atoms with Gasteiger partial charge in [0.1, 0.15) is 0 Å². The van der Waals surface area contributed by atoms with Crippen molar-refractivity contribution in [3.05, 3.63) is 29.3 Å². The Balaban J connectivity index is 1.61. The fourth-order valence-electron chi connectivity index (χ4n) is 4.04. The van der Waals surface area contributed by atoms with Crippen molar-refractivity contribution >= 4 is 11.6 Å². The van der Waals surface area contributed by atoms with Crippen LogP contribution in [0.25, 0.3) is 0 Å². The van der Waals surface area contributed by atoms with E-state index in [0.717, 1.165) is 31.7 Å². The highest BCUT2D eigenvalue weighted by molar-refractivity contribution is 5.92. The molecular formula is C20H31N3O. The first kappa shape index (κ1) is 17.3. The van der Waals surface area contributed by atoms with Gasteiger partial charge in [0, 0.05) is 24.8 Å². The lowest BCUT2D eigenvalue weighted by molar-refractivity contribution is -0.0823. The lowest BCUT2D eigenvalue weighted by Gasteiger charge is -2.39. The van der Waals surface area contributed by atoms with Crippen LogP contribution in [0.2, 0.25) is 0 Å². The molecule has 2 aliphatic rings. The van der Waals surface area contributed by atoms with Crippen LogP contribution in [0, 0.1) is 11.3 Å². The molecule has 0 aromatic heterocycles. The summed E-state index contributed by atoms with van der Waals surface area (Å²) in [5, 5.41) is 3.25. The second-order valence-corrected chi connectivity index (χ2v) is 8.25. The molecule has 1 saturated heterocycles. The lowest BCUT2D eigenvalue weighted by atomic mass is 9.78. The van der Waals surface area contributed by atoms with Crippen LogP contribution >= 0.6 is 0 Å². The van der Waals surface area contributed by atoms with Gasteiger partial charge in [-0.1, -0.05) is 26.8 Å². The summed E-state index contributed by atoms with van der Waals surface area (Å²) in [6.07, 6.45) is 6.17. The summed E-state index contributed by atoms with van der Waals surface area (Å²) in [7, 11) is 0. The smallest absolute Gasteiger partial charge is 0.193 e. The molecule has 132 valence electrons. The number of hydrogen-bond acceptors (Lipinski definition) is 2. The summed E-state index contributed by atoms with van der Waals surface area (Å²) >= 11 is 0. The number of anilines is 1. The molecule has 3 rings (SSSR count). The third kappa shape index (κ3) is 4.10. The van der Waals surface area contributed by atoms with Crippen molar-refractivity contribution in [1.29, 1.82) is 0 Å². The van der Waals surface area contributed by atoms with Crippen molar-refractivity contribution in [1.82, 2.24) is 0 Å². The quantitative estimate of drug-likeness (QED) is 0.656. The van der Waals surface area contributed by atoms with Crippen molar-refractivity contribution in [3.63, 3.8) is 0 Å². The summed E-state index contributed by atoms with van der Waals surface area (Å²) in [5.41, 5.74) is 10.2. The Hall–Kier alpha value is -1.55. The van der Waals surface area contributed by atoms with Crippen LogP contribution in [0.3, 0.4) is 0 Å². The van der Waals surface area contributed by atoms with E-state index in [-0.39, 0.29) is 11.5 Å². The average molecular weight is 329 g/mol. The van der Waals surface area contributed by atoms with Crippen LogP contribution < -0.4 is 11.1 Å². The Kier molecular flexibility index (Phi) is 5.14. The molecule has 24 heavy (non-hydrogen) atoms. The molecule has 4 nitrogen and oxygen atoms in total. The van der Waals surface area contributed by atoms with E-state index < -0.39 is 0 Å². The number of nitrogens with one attached hydrogen (secondary N) is 1. The maximum Gasteiger partial charge on any atom is 0.193 e. The monoisotopic (exact) mass is 329 g/mol. The third-order valence-corrected chi connectivity index (χ3v) is 5.17. The maximum absolute atomic E-state index is 6.12. The highest BCUT2D eigenvalue weighted by Gasteiger charge is 2.35. The predicted octanol–water partition coefficient (Wildman–Crippen LogP) is 3.74. The second kappa shape index (κ2) is 7.14. The van der Waals surface area contributed by atoms with Crippen molar-refractivity contribution in [2.75, 3.05) is 18.5 Å². The first-order valence-corrected chi connectivity index (χ1v) is 9.24. The molecule has 1 heterocycles. The zero-order valence-electron chi connectivity index (χ0n) is 15.3. The van der Waals surface area contributed by atoms with Crippen LogP contribution in [0.4, 0.5) is 5.69 Å². The highest BCUT2D eigenvalue weighted by atomic mass is 16.5. The summed E-state index contributed by atoms with van der Waals surface area (Å²) < 4.78 is 6.03. The molecule has 3 N–H and O–H groups in total. The van der Waals surface area contributed by atoms with Crippen molar-refractivity contribution < 1.29 is 4.74 Å². The number of fused-ring (bicyclic) bond motifs is 1. The van der Waals surface area contributed by atoms with Crippen LogP contribution in [0.15, 0.2) is 23.2 Å². The number of nitrogens with zero attached hydrogens (tertiary/aromatic N) is 1. The van der Waals surface area contributed by atoms with Gasteiger partial charge in [0.15, 0.2) is 5.96 Å². The van der Waals surface area contributed by atoms with E-state index >= 15 is 0 Å². The molecule has 0 radical (unpaired) electrons. The van der Waals surface area contributed by atoms with Gasteiger partial charge in [-0.15, -0.1) is 0 Å². The van der Waals surface area contributed by atoms with Gasteiger partial charge in [-0.2, -0.15) is 0 Å². The molecule has 0 spiro atoms. The van der Waals surface area contributed by atoms with E-state index in [2.05, 4.69) is 49.3 Å². The maximum atomic E-state index is 6.12. The van der Waals surface area contributed by atoms with Crippen molar-refractivity contribution in [2.45, 2.75) is 59.0 Å². The molecule has 0 bridgehead atoms. The molecule has 1 aliphatic carbocycles. The van der Waals surface area contributed by atoms with Gasteiger partial charge < -0.3 is 15.8 Å². The minimum atomic E-state index is 0.142. The molecule has 1 aromatic rings. The standard InChI is InChI=1S/C20H31N3O/c1-20(2,3)18-16(8-5-11-24-18)13-22-19(21)23-17-10-9-14-6-4-7-15(14)12-17/h9-10,12,16,18H,4-8,11,13H2,1-3H3,(H3,21,22,23). The molecule has 2 unspecified atom stereocenters. The minimum absolute atomic E-state index is 0.142. The number of guanidine groups is 1. The van der Waals surface area contributed by atoms with E-state index in [0.29, 0.717) is 11.9 Å². The predicted molar refractivity (Wildman–Crippen MR) is 100 cm³/mol. The topological polar surface area (TPSA) is 59.6 Å². The normalized spacial score (nSPS) is 24.7. The SMILES string of the molecule is CC(C)(C)C1OCCCC1CN=C(N)Nc1ccc2c(c1)CCC2. The van der Waals surface area contributed by atoms with Crippen LogP contribution in [0.1, 0.15) is 51.2 Å². The Morgan fingerprint density at radius 1 is 1.25 bits per heavy atom. The number of nitrogens with two attached hydrogens (primary N) is 1. The number of aliphatic imine (C=N–C) groups is 1. The van der Waals surface area contributed by atoms with Gasteiger partial charge in [0.25, 0.3) is 0 Å². The highest BCUT2D eigenvalue weighted by Crippen LogP contribution is 2.34. The molecule has 1 aliphatic heterocycles. The first-order chi connectivity index (χ1) is 11.4. The van der Waals surface area contributed by atoms with Gasteiger partial charge in [-0.25, -0.2) is 0 Å². The zero-order chi connectivity index (χ0) is 17.2. The minimum Gasteiger partial charge on any atom is -0.377 e. The van der Waals surface area contributed by atoms with Crippen molar-refractivity contribution in [2.24, 2.45) is 22.1 Å². The zero-order valence-corrected chi connectivity index (χ0v) is 15.3. The van der Waals surface area contributed by atoms with Gasteiger partial charge in [-0.3, -0.25) is 4.99 Å². The van der Waals surface area contributed by atoms with E-state index in [1.54, 1.807) is 0 Å². The van der Waals surface area contributed by atoms with Crippen LogP contribution in [0.5, 0.6) is 0 Å². The summed E-state index contributed by atoms with van der Waals surface area (Å²) in [6, 6.07) is 6.53. The van der Waals surface area contributed by atoms with Crippen molar-refractivity contribution in [3.8, 4) is 0 Å². The number of rotatable bonds is 3. The summed E-state index contributed by atoms with van der Waals surface area (Å²) in [4.78, 5) is 4.60. The van der Waals surface area contributed by atoms with E-state index in [4.69, 9.17) is 10.5 Å². The molecule has 2 atom stereocenters.